The Bertz CT molecular complexity index is 618. The van der Waals surface area contributed by atoms with E-state index in [1.807, 2.05) is 0 Å². The summed E-state index contributed by atoms with van der Waals surface area (Å²) >= 11 is 3.02. The molecule has 0 saturated carbocycles. The zero-order chi connectivity index (χ0) is 13.4. The topological polar surface area (TPSA) is 62.2 Å². The summed E-state index contributed by atoms with van der Waals surface area (Å²) in [4.78, 5) is 12.7. The fraction of sp³-hybridized carbons (Fsp3) is 0.385. The standard InChI is InChI=1S/C13H14N2O2S2/c1-7-11(13(16)17)12(19-15-7)14-9-3-2-4-10-8(9)5-6-18-10/h5-6,9,14H,2-4H2,1H3,(H,16,17). The normalized spacial score (nSPS) is 18.1. The molecule has 2 N–H and O–H groups in total. The van der Waals surface area contributed by atoms with E-state index in [0.717, 1.165) is 19.3 Å². The predicted molar refractivity (Wildman–Crippen MR) is 77.4 cm³/mol. The van der Waals surface area contributed by atoms with Gasteiger partial charge in [-0.25, -0.2) is 4.79 Å². The van der Waals surface area contributed by atoms with E-state index >= 15 is 0 Å². The lowest BCUT2D eigenvalue weighted by atomic mass is 9.94. The van der Waals surface area contributed by atoms with Gasteiger partial charge in [0.15, 0.2) is 0 Å². The first-order valence-corrected chi connectivity index (χ1v) is 7.84. The molecule has 6 heteroatoms. The van der Waals surface area contributed by atoms with Crippen LogP contribution in [0.25, 0.3) is 0 Å². The number of fused-ring (bicyclic) bond motifs is 1. The van der Waals surface area contributed by atoms with Crippen LogP contribution in [0.15, 0.2) is 11.4 Å². The van der Waals surface area contributed by atoms with Crippen LogP contribution >= 0.6 is 22.9 Å². The highest BCUT2D eigenvalue weighted by atomic mass is 32.1. The molecule has 1 aliphatic carbocycles. The number of aromatic nitrogens is 1. The first-order chi connectivity index (χ1) is 9.16. The van der Waals surface area contributed by atoms with Gasteiger partial charge in [-0.1, -0.05) is 0 Å². The Morgan fingerprint density at radius 3 is 3.21 bits per heavy atom. The van der Waals surface area contributed by atoms with Gasteiger partial charge in [0.2, 0.25) is 0 Å². The number of hydrogen-bond donors (Lipinski definition) is 2. The number of aromatic carboxylic acids is 1. The Morgan fingerprint density at radius 2 is 2.42 bits per heavy atom. The molecule has 1 atom stereocenters. The van der Waals surface area contributed by atoms with Gasteiger partial charge >= 0.3 is 5.97 Å². The van der Waals surface area contributed by atoms with Crippen molar-refractivity contribution in [3.05, 3.63) is 33.1 Å². The number of aryl methyl sites for hydroxylation is 2. The number of carboxylic acids is 1. The van der Waals surface area contributed by atoms with Gasteiger partial charge in [0.25, 0.3) is 0 Å². The molecule has 0 aromatic carbocycles. The zero-order valence-electron chi connectivity index (χ0n) is 10.5. The van der Waals surface area contributed by atoms with E-state index in [0.29, 0.717) is 16.3 Å². The maximum absolute atomic E-state index is 11.3. The molecule has 2 aromatic rings. The lowest BCUT2D eigenvalue weighted by molar-refractivity contribution is 0.0697. The first-order valence-electron chi connectivity index (χ1n) is 6.19. The number of carboxylic acid groups (broad SMARTS) is 1. The summed E-state index contributed by atoms with van der Waals surface area (Å²) in [5, 5.41) is 15.4. The second-order valence-corrected chi connectivity index (χ2v) is 6.44. The average Bonchev–Trinajstić information content (AvgIpc) is 2.96. The monoisotopic (exact) mass is 294 g/mol. The third-order valence-corrected chi connectivity index (χ3v) is 5.30. The highest BCUT2D eigenvalue weighted by Crippen LogP contribution is 2.37. The molecule has 1 aliphatic rings. The van der Waals surface area contributed by atoms with E-state index in [1.54, 1.807) is 18.3 Å². The molecule has 4 nitrogen and oxygen atoms in total. The van der Waals surface area contributed by atoms with Crippen LogP contribution in [0.5, 0.6) is 0 Å². The van der Waals surface area contributed by atoms with Crippen molar-refractivity contribution in [2.75, 3.05) is 5.32 Å². The summed E-state index contributed by atoms with van der Waals surface area (Å²) < 4.78 is 4.15. The largest absolute Gasteiger partial charge is 0.478 e. The van der Waals surface area contributed by atoms with E-state index in [-0.39, 0.29) is 6.04 Å². The molecule has 1 unspecified atom stereocenters. The Balaban J connectivity index is 1.90. The number of thiophene rings is 1. The van der Waals surface area contributed by atoms with Gasteiger partial charge in [-0.15, -0.1) is 11.3 Å². The maximum Gasteiger partial charge on any atom is 0.340 e. The second-order valence-electron chi connectivity index (χ2n) is 4.67. The summed E-state index contributed by atoms with van der Waals surface area (Å²) in [5.41, 5.74) is 2.22. The highest BCUT2D eigenvalue weighted by Gasteiger charge is 2.24. The molecule has 0 radical (unpaired) electrons. The van der Waals surface area contributed by atoms with Crippen molar-refractivity contribution >= 4 is 33.8 Å². The second kappa shape index (κ2) is 4.94. The van der Waals surface area contributed by atoms with Gasteiger partial charge in [0.05, 0.1) is 11.7 Å². The molecular weight excluding hydrogens is 280 g/mol. The number of rotatable bonds is 3. The minimum Gasteiger partial charge on any atom is -0.478 e. The molecule has 2 aromatic heterocycles. The van der Waals surface area contributed by atoms with Crippen LogP contribution in [0.4, 0.5) is 5.00 Å². The fourth-order valence-corrected chi connectivity index (χ4v) is 4.34. The van der Waals surface area contributed by atoms with Gasteiger partial charge in [0.1, 0.15) is 10.6 Å². The summed E-state index contributed by atoms with van der Waals surface area (Å²) in [5.74, 6) is -0.907. The van der Waals surface area contributed by atoms with Crippen LogP contribution in [-0.4, -0.2) is 15.4 Å². The molecule has 3 rings (SSSR count). The molecule has 0 spiro atoms. The minimum atomic E-state index is -0.907. The van der Waals surface area contributed by atoms with Crippen molar-refractivity contribution in [3.8, 4) is 0 Å². The van der Waals surface area contributed by atoms with Crippen molar-refractivity contribution in [2.45, 2.75) is 32.2 Å². The number of hydrogen-bond acceptors (Lipinski definition) is 5. The van der Waals surface area contributed by atoms with Crippen LogP contribution in [0.1, 0.15) is 45.4 Å². The molecule has 100 valence electrons. The van der Waals surface area contributed by atoms with E-state index in [2.05, 4.69) is 21.1 Å². The summed E-state index contributed by atoms with van der Waals surface area (Å²) in [6, 6.07) is 2.36. The third-order valence-electron chi connectivity index (χ3n) is 3.43. The molecule has 0 saturated heterocycles. The van der Waals surface area contributed by atoms with E-state index in [4.69, 9.17) is 0 Å². The van der Waals surface area contributed by atoms with Crippen molar-refractivity contribution in [3.63, 3.8) is 0 Å². The van der Waals surface area contributed by atoms with Gasteiger partial charge in [-0.05, 0) is 54.7 Å². The lowest BCUT2D eigenvalue weighted by Gasteiger charge is -2.24. The number of anilines is 1. The lowest BCUT2D eigenvalue weighted by Crippen LogP contribution is -2.16. The van der Waals surface area contributed by atoms with Crippen LogP contribution in [0.3, 0.4) is 0 Å². The third kappa shape index (κ3) is 2.26. The summed E-state index contributed by atoms with van der Waals surface area (Å²) in [6.07, 6.45) is 3.32. The van der Waals surface area contributed by atoms with Crippen molar-refractivity contribution < 1.29 is 9.90 Å². The van der Waals surface area contributed by atoms with Crippen LogP contribution in [0.2, 0.25) is 0 Å². The van der Waals surface area contributed by atoms with E-state index in [9.17, 15) is 9.90 Å². The summed E-state index contributed by atoms with van der Waals surface area (Å²) in [7, 11) is 0. The highest BCUT2D eigenvalue weighted by molar-refractivity contribution is 7.11. The maximum atomic E-state index is 11.3. The molecular formula is C13H14N2O2S2. The smallest absolute Gasteiger partial charge is 0.340 e. The Morgan fingerprint density at radius 1 is 1.58 bits per heavy atom. The Kier molecular flexibility index (Phi) is 3.28. The molecule has 0 aliphatic heterocycles. The molecule has 19 heavy (non-hydrogen) atoms. The molecule has 2 heterocycles. The van der Waals surface area contributed by atoms with E-state index < -0.39 is 5.97 Å². The number of carbonyl (C=O) groups is 1. The van der Waals surface area contributed by atoms with Crippen LogP contribution in [0, 0.1) is 6.92 Å². The number of nitrogens with zero attached hydrogens (tertiary/aromatic N) is 1. The fourth-order valence-electron chi connectivity index (χ4n) is 2.51. The van der Waals surface area contributed by atoms with E-state index in [1.165, 1.54) is 22.0 Å². The number of nitrogens with one attached hydrogen (secondary N) is 1. The molecule has 0 fully saturated rings. The molecule has 0 bridgehead atoms. The van der Waals surface area contributed by atoms with Crippen LogP contribution in [-0.2, 0) is 6.42 Å². The SMILES string of the molecule is Cc1nsc(NC2CCCc3sccc32)c1C(=O)O. The van der Waals surface area contributed by atoms with Gasteiger partial charge in [0, 0.05) is 4.88 Å². The van der Waals surface area contributed by atoms with Crippen molar-refractivity contribution in [1.82, 2.24) is 4.37 Å². The van der Waals surface area contributed by atoms with Gasteiger partial charge in [-0.2, -0.15) is 4.37 Å². The first kappa shape index (κ1) is 12.6. The summed E-state index contributed by atoms with van der Waals surface area (Å²) in [6.45, 7) is 1.74. The van der Waals surface area contributed by atoms with Crippen molar-refractivity contribution in [1.29, 1.82) is 0 Å². The zero-order valence-corrected chi connectivity index (χ0v) is 12.1. The van der Waals surface area contributed by atoms with Crippen LogP contribution < -0.4 is 5.32 Å². The average molecular weight is 294 g/mol. The van der Waals surface area contributed by atoms with Gasteiger partial charge in [-0.3, -0.25) is 0 Å². The van der Waals surface area contributed by atoms with Crippen molar-refractivity contribution in [2.24, 2.45) is 0 Å². The predicted octanol–water partition coefficient (Wildman–Crippen LogP) is 3.70. The Hall–Kier alpha value is -1.40. The minimum absolute atomic E-state index is 0.216. The Labute approximate surface area is 119 Å². The van der Waals surface area contributed by atoms with Gasteiger partial charge < -0.3 is 10.4 Å². The quantitative estimate of drug-likeness (QED) is 0.906. The molecule has 0 amide bonds.